The van der Waals surface area contributed by atoms with Crippen molar-refractivity contribution in [2.75, 3.05) is 40.3 Å². The largest absolute Gasteiger partial charge is 0.493 e. The number of aromatic nitrogens is 3. The van der Waals surface area contributed by atoms with E-state index in [1.807, 2.05) is 11.0 Å². The molecule has 1 atom stereocenters. The van der Waals surface area contributed by atoms with Crippen molar-refractivity contribution in [2.24, 2.45) is 13.0 Å². The van der Waals surface area contributed by atoms with Crippen LogP contribution in [0, 0.1) is 17.2 Å². The number of carbonyl (C=O) groups is 1. The Labute approximate surface area is 206 Å². The molecule has 1 aromatic carbocycles. The number of benzene rings is 1. The average Bonchev–Trinajstić information content (AvgIpc) is 3.22. The number of ether oxygens (including phenoxy) is 1. The van der Waals surface area contributed by atoms with Crippen molar-refractivity contribution in [3.63, 3.8) is 0 Å². The van der Waals surface area contributed by atoms with E-state index >= 15 is 0 Å². The SMILES string of the molecule is CN(C)C(=O)CN1CCCC(COc2ccc(-c3nc(C#N)nc4c3ccn4C)cc2C(F)(F)F)C1. The number of nitriles is 1. The minimum absolute atomic E-state index is 0.0108. The van der Waals surface area contributed by atoms with Crippen LogP contribution in [0.15, 0.2) is 30.5 Å². The number of piperidine rings is 1. The molecule has 1 saturated heterocycles. The molecule has 0 bridgehead atoms. The highest BCUT2D eigenvalue weighted by Gasteiger charge is 2.35. The Kier molecular flexibility index (Phi) is 7.17. The smallest absolute Gasteiger partial charge is 0.419 e. The van der Waals surface area contributed by atoms with Crippen LogP contribution in [0.5, 0.6) is 5.75 Å². The zero-order valence-corrected chi connectivity index (χ0v) is 20.3. The summed E-state index contributed by atoms with van der Waals surface area (Å²) in [5, 5.41) is 9.85. The molecule has 1 aliphatic rings. The molecule has 1 unspecified atom stereocenters. The van der Waals surface area contributed by atoms with Gasteiger partial charge in [-0.25, -0.2) is 9.97 Å². The van der Waals surface area contributed by atoms with E-state index in [-0.39, 0.29) is 47.8 Å². The lowest BCUT2D eigenvalue weighted by molar-refractivity contribution is -0.139. The van der Waals surface area contributed by atoms with Gasteiger partial charge in [0.15, 0.2) is 0 Å². The van der Waals surface area contributed by atoms with Crippen molar-refractivity contribution in [3.8, 4) is 23.1 Å². The summed E-state index contributed by atoms with van der Waals surface area (Å²) in [6.45, 7) is 1.76. The maximum Gasteiger partial charge on any atom is 0.419 e. The zero-order valence-electron chi connectivity index (χ0n) is 20.3. The lowest BCUT2D eigenvalue weighted by Crippen LogP contribution is -2.43. The van der Waals surface area contributed by atoms with E-state index in [9.17, 15) is 23.2 Å². The number of alkyl halides is 3. The van der Waals surface area contributed by atoms with Crippen molar-refractivity contribution < 1.29 is 22.7 Å². The highest BCUT2D eigenvalue weighted by molar-refractivity contribution is 5.91. The van der Waals surface area contributed by atoms with Gasteiger partial charge in [0.1, 0.15) is 17.5 Å². The number of fused-ring (bicyclic) bond motifs is 1. The van der Waals surface area contributed by atoms with E-state index in [0.29, 0.717) is 17.6 Å². The third-order valence-corrected chi connectivity index (χ3v) is 6.32. The van der Waals surface area contributed by atoms with Gasteiger partial charge in [0.25, 0.3) is 0 Å². The number of hydrogen-bond acceptors (Lipinski definition) is 6. The molecule has 3 aromatic rings. The molecule has 190 valence electrons. The number of aryl methyl sites for hydroxylation is 1. The van der Waals surface area contributed by atoms with Crippen LogP contribution in [0.25, 0.3) is 22.3 Å². The van der Waals surface area contributed by atoms with Crippen LogP contribution in [-0.2, 0) is 18.0 Å². The Balaban J connectivity index is 1.58. The second-order valence-electron chi connectivity index (χ2n) is 9.22. The van der Waals surface area contributed by atoms with E-state index in [0.717, 1.165) is 25.5 Å². The van der Waals surface area contributed by atoms with Gasteiger partial charge in [0.2, 0.25) is 11.7 Å². The fourth-order valence-electron chi connectivity index (χ4n) is 4.40. The van der Waals surface area contributed by atoms with E-state index in [2.05, 4.69) is 9.97 Å². The van der Waals surface area contributed by atoms with Gasteiger partial charge in [-0.3, -0.25) is 9.69 Å². The molecule has 0 spiro atoms. The van der Waals surface area contributed by atoms with Gasteiger partial charge in [0.05, 0.1) is 24.4 Å². The Hall–Kier alpha value is -3.65. The molecule has 0 aliphatic carbocycles. The number of rotatable bonds is 6. The van der Waals surface area contributed by atoms with Crippen molar-refractivity contribution in [1.29, 1.82) is 5.26 Å². The molecule has 0 radical (unpaired) electrons. The Morgan fingerprint density at radius 3 is 2.75 bits per heavy atom. The third kappa shape index (κ3) is 5.44. The number of hydrogen-bond donors (Lipinski definition) is 0. The van der Waals surface area contributed by atoms with E-state index in [1.54, 1.807) is 38.0 Å². The van der Waals surface area contributed by atoms with E-state index in [4.69, 9.17) is 4.74 Å². The molecule has 0 N–H and O–H groups in total. The molecule has 11 heteroatoms. The first-order chi connectivity index (χ1) is 17.1. The Bertz CT molecular complexity index is 1310. The number of halogens is 3. The molecule has 1 amide bonds. The van der Waals surface area contributed by atoms with Gasteiger partial charge in [0, 0.05) is 50.8 Å². The first kappa shape index (κ1) is 25.4. The number of carbonyl (C=O) groups excluding carboxylic acids is 1. The van der Waals surface area contributed by atoms with Crippen molar-refractivity contribution in [2.45, 2.75) is 19.0 Å². The van der Waals surface area contributed by atoms with Gasteiger partial charge in [-0.2, -0.15) is 18.4 Å². The molecule has 8 nitrogen and oxygen atoms in total. The zero-order chi connectivity index (χ0) is 26.0. The summed E-state index contributed by atoms with van der Waals surface area (Å²) in [7, 11) is 5.13. The van der Waals surface area contributed by atoms with Crippen molar-refractivity contribution in [3.05, 3.63) is 41.9 Å². The number of amides is 1. The van der Waals surface area contributed by atoms with Crippen molar-refractivity contribution >= 4 is 16.9 Å². The molecule has 0 saturated carbocycles. The lowest BCUT2D eigenvalue weighted by atomic mass is 9.99. The van der Waals surface area contributed by atoms with Gasteiger partial charge in [-0.05, 0) is 43.7 Å². The summed E-state index contributed by atoms with van der Waals surface area (Å²) in [6, 6.07) is 7.41. The summed E-state index contributed by atoms with van der Waals surface area (Å²) in [5.41, 5.74) is 0.0233. The minimum Gasteiger partial charge on any atom is -0.493 e. The molecule has 2 aromatic heterocycles. The van der Waals surface area contributed by atoms with Crippen LogP contribution in [-0.4, -0.2) is 70.6 Å². The fraction of sp³-hybridized carbons (Fsp3) is 0.440. The maximum absolute atomic E-state index is 14.0. The van der Waals surface area contributed by atoms with E-state index < -0.39 is 11.7 Å². The van der Waals surface area contributed by atoms with Crippen LogP contribution < -0.4 is 4.74 Å². The fourth-order valence-corrected chi connectivity index (χ4v) is 4.40. The second kappa shape index (κ2) is 10.1. The topological polar surface area (TPSA) is 87.3 Å². The molecule has 4 rings (SSSR count). The van der Waals surface area contributed by atoms with Gasteiger partial charge >= 0.3 is 6.18 Å². The van der Waals surface area contributed by atoms with Crippen LogP contribution in [0.1, 0.15) is 24.2 Å². The summed E-state index contributed by atoms with van der Waals surface area (Å²) in [4.78, 5) is 23.9. The van der Waals surface area contributed by atoms with Gasteiger partial charge < -0.3 is 14.2 Å². The minimum atomic E-state index is -4.65. The predicted octanol–water partition coefficient (Wildman–Crippen LogP) is 3.70. The summed E-state index contributed by atoms with van der Waals surface area (Å²) < 4.78 is 49.5. The summed E-state index contributed by atoms with van der Waals surface area (Å²) in [6.07, 6.45) is -1.27. The number of likely N-dealkylation sites (N-methyl/N-ethyl adjacent to an activating group) is 1. The van der Waals surface area contributed by atoms with Crippen molar-refractivity contribution in [1.82, 2.24) is 24.3 Å². The normalized spacial score (nSPS) is 16.6. The highest BCUT2D eigenvalue weighted by Crippen LogP contribution is 2.40. The predicted molar refractivity (Wildman–Crippen MR) is 127 cm³/mol. The van der Waals surface area contributed by atoms with Crippen LogP contribution in [0.4, 0.5) is 13.2 Å². The summed E-state index contributed by atoms with van der Waals surface area (Å²) >= 11 is 0. The molecule has 1 aliphatic heterocycles. The monoisotopic (exact) mass is 500 g/mol. The molecular weight excluding hydrogens is 473 g/mol. The standard InChI is InChI=1S/C25H27F3N6O2/c1-32(2)22(35)14-34-9-4-5-16(13-34)15-36-20-7-6-17(11-19(20)25(26,27)28)23-18-8-10-33(3)24(18)31-21(12-29)30-23/h6-8,10-11,16H,4-5,9,13-15H2,1-3H3. The lowest BCUT2D eigenvalue weighted by Gasteiger charge is -2.32. The number of likely N-dealkylation sites (tertiary alicyclic amines) is 1. The van der Waals surface area contributed by atoms with Gasteiger partial charge in [-0.15, -0.1) is 0 Å². The van der Waals surface area contributed by atoms with Crippen LogP contribution >= 0.6 is 0 Å². The third-order valence-electron chi connectivity index (χ3n) is 6.32. The highest BCUT2D eigenvalue weighted by atomic mass is 19.4. The van der Waals surface area contributed by atoms with Crippen LogP contribution in [0.2, 0.25) is 0 Å². The molecule has 36 heavy (non-hydrogen) atoms. The first-order valence-electron chi connectivity index (χ1n) is 11.6. The number of nitrogens with zero attached hydrogens (tertiary/aromatic N) is 6. The second-order valence-corrected chi connectivity index (χ2v) is 9.22. The Morgan fingerprint density at radius 2 is 2.06 bits per heavy atom. The first-order valence-corrected chi connectivity index (χ1v) is 11.6. The summed E-state index contributed by atoms with van der Waals surface area (Å²) in [5.74, 6) is -0.379. The Morgan fingerprint density at radius 1 is 1.28 bits per heavy atom. The van der Waals surface area contributed by atoms with E-state index in [1.165, 1.54) is 17.0 Å². The maximum atomic E-state index is 14.0. The van der Waals surface area contributed by atoms with Gasteiger partial charge in [-0.1, -0.05) is 0 Å². The molecular formula is C25H27F3N6O2. The quantitative estimate of drug-likeness (QED) is 0.513. The molecule has 1 fully saturated rings. The molecule has 3 heterocycles. The van der Waals surface area contributed by atoms with Crippen LogP contribution in [0.3, 0.4) is 0 Å². The average molecular weight is 501 g/mol.